The van der Waals surface area contributed by atoms with E-state index in [2.05, 4.69) is 23.1 Å². The van der Waals surface area contributed by atoms with Gasteiger partial charge in [0, 0.05) is 10.7 Å². The van der Waals surface area contributed by atoms with Gasteiger partial charge in [-0.05, 0) is 48.4 Å². The van der Waals surface area contributed by atoms with Gasteiger partial charge in [0.05, 0.1) is 0 Å². The van der Waals surface area contributed by atoms with E-state index in [0.29, 0.717) is 16.5 Å². The first-order valence-electron chi connectivity index (χ1n) is 7.40. The zero-order chi connectivity index (χ0) is 17.4. The molecular weight excluding hydrogens is 330 g/mol. The summed E-state index contributed by atoms with van der Waals surface area (Å²) in [4.78, 5) is 23.3. The van der Waals surface area contributed by atoms with Crippen molar-refractivity contribution in [1.29, 1.82) is 0 Å². The summed E-state index contributed by atoms with van der Waals surface area (Å²) in [7, 11) is 0. The number of hydrogen-bond acceptors (Lipinski definition) is 3. The predicted molar refractivity (Wildman–Crippen MR) is 93.1 cm³/mol. The number of hydrogen-bond donors (Lipinski definition) is 3. The lowest BCUT2D eigenvalue weighted by Crippen LogP contribution is -2.45. The first-order chi connectivity index (χ1) is 11.6. The van der Waals surface area contributed by atoms with E-state index >= 15 is 0 Å². The molecule has 0 atom stereocenters. The Bertz CT molecular complexity index is 687. The van der Waals surface area contributed by atoms with Gasteiger partial charge in [-0.2, -0.15) is 0 Å². The van der Waals surface area contributed by atoms with Crippen molar-refractivity contribution in [3.8, 4) is 5.75 Å². The minimum absolute atomic E-state index is 0.202. The summed E-state index contributed by atoms with van der Waals surface area (Å²) in [6.45, 7) is 1.86. The van der Waals surface area contributed by atoms with Crippen LogP contribution in [0.3, 0.4) is 0 Å². The number of carbonyl (C=O) groups is 2. The summed E-state index contributed by atoms with van der Waals surface area (Å²) in [6, 6.07) is 13.5. The van der Waals surface area contributed by atoms with Crippen LogP contribution in [0.2, 0.25) is 5.02 Å². The minimum Gasteiger partial charge on any atom is -0.484 e. The van der Waals surface area contributed by atoms with Crippen LogP contribution in [-0.2, 0) is 11.2 Å². The third kappa shape index (κ3) is 5.81. The highest BCUT2D eigenvalue weighted by Crippen LogP contribution is 2.13. The number of anilines is 1. The molecule has 0 aliphatic heterocycles. The number of amides is 3. The summed E-state index contributed by atoms with van der Waals surface area (Å²) in [5.41, 5.74) is 6.23. The van der Waals surface area contributed by atoms with Gasteiger partial charge >= 0.3 is 6.03 Å². The van der Waals surface area contributed by atoms with Crippen LogP contribution >= 0.6 is 11.6 Å². The average molecular weight is 348 g/mol. The molecule has 126 valence electrons. The maximum atomic E-state index is 11.6. The van der Waals surface area contributed by atoms with E-state index < -0.39 is 11.9 Å². The van der Waals surface area contributed by atoms with Crippen molar-refractivity contribution in [3.63, 3.8) is 0 Å². The molecule has 0 aliphatic carbocycles. The third-order valence-corrected chi connectivity index (χ3v) is 3.37. The number of ether oxygens (including phenoxy) is 1. The summed E-state index contributed by atoms with van der Waals surface area (Å²) in [5.74, 6) is 0.119. The van der Waals surface area contributed by atoms with Crippen molar-refractivity contribution in [1.82, 2.24) is 10.9 Å². The molecule has 0 bridgehead atoms. The molecule has 0 fully saturated rings. The summed E-state index contributed by atoms with van der Waals surface area (Å²) < 4.78 is 5.33. The van der Waals surface area contributed by atoms with E-state index in [4.69, 9.17) is 16.3 Å². The van der Waals surface area contributed by atoms with Crippen molar-refractivity contribution < 1.29 is 14.3 Å². The van der Waals surface area contributed by atoms with Crippen LogP contribution in [0.25, 0.3) is 0 Å². The molecule has 0 unspecified atom stereocenters. The fourth-order valence-corrected chi connectivity index (χ4v) is 1.95. The van der Waals surface area contributed by atoms with E-state index in [1.54, 1.807) is 36.4 Å². The van der Waals surface area contributed by atoms with Gasteiger partial charge in [0.15, 0.2) is 6.61 Å². The topological polar surface area (TPSA) is 79.5 Å². The number of nitrogens with one attached hydrogen (secondary N) is 3. The lowest BCUT2D eigenvalue weighted by molar-refractivity contribution is -0.123. The van der Waals surface area contributed by atoms with Crippen molar-refractivity contribution in [2.45, 2.75) is 13.3 Å². The van der Waals surface area contributed by atoms with Crippen molar-refractivity contribution in [2.24, 2.45) is 0 Å². The Morgan fingerprint density at radius 2 is 1.67 bits per heavy atom. The van der Waals surface area contributed by atoms with Crippen LogP contribution in [0.4, 0.5) is 10.5 Å². The standard InChI is InChI=1S/C17H18ClN3O3/c1-2-12-3-9-15(10-4-12)24-11-16(22)20-21-17(23)19-14-7-5-13(18)6-8-14/h3-10H,2,11H2,1H3,(H,20,22)(H2,19,21,23). The van der Waals surface area contributed by atoms with E-state index in [0.717, 1.165) is 6.42 Å². The highest BCUT2D eigenvalue weighted by Gasteiger charge is 2.06. The molecule has 3 N–H and O–H groups in total. The van der Waals surface area contributed by atoms with E-state index in [1.165, 1.54) is 5.56 Å². The number of benzene rings is 2. The van der Waals surface area contributed by atoms with Gasteiger partial charge in [0.2, 0.25) is 0 Å². The SMILES string of the molecule is CCc1ccc(OCC(=O)NNC(=O)Nc2ccc(Cl)cc2)cc1. The lowest BCUT2D eigenvalue weighted by Gasteiger charge is -2.10. The van der Waals surface area contributed by atoms with Crippen LogP contribution in [0.5, 0.6) is 5.75 Å². The van der Waals surface area contributed by atoms with Gasteiger partial charge in [-0.25, -0.2) is 10.2 Å². The molecule has 0 saturated heterocycles. The number of hydrazine groups is 1. The Balaban J connectivity index is 1.70. The number of carbonyl (C=O) groups excluding carboxylic acids is 2. The van der Waals surface area contributed by atoms with Gasteiger partial charge in [-0.15, -0.1) is 0 Å². The Kier molecular flexibility index (Phi) is 6.45. The Labute approximate surface area is 145 Å². The second-order valence-electron chi connectivity index (χ2n) is 4.92. The zero-order valence-electron chi connectivity index (χ0n) is 13.1. The molecule has 0 heterocycles. The average Bonchev–Trinajstić information content (AvgIpc) is 2.60. The van der Waals surface area contributed by atoms with E-state index in [1.807, 2.05) is 12.1 Å². The molecule has 0 spiro atoms. The predicted octanol–water partition coefficient (Wildman–Crippen LogP) is 3.13. The maximum Gasteiger partial charge on any atom is 0.337 e. The lowest BCUT2D eigenvalue weighted by atomic mass is 10.2. The molecule has 3 amide bonds. The molecule has 0 radical (unpaired) electrons. The van der Waals surface area contributed by atoms with Crippen molar-refractivity contribution in [2.75, 3.05) is 11.9 Å². The monoisotopic (exact) mass is 347 g/mol. The van der Waals surface area contributed by atoms with E-state index in [9.17, 15) is 9.59 Å². The molecule has 2 aromatic carbocycles. The van der Waals surface area contributed by atoms with Gasteiger partial charge in [-0.3, -0.25) is 10.2 Å². The number of halogens is 1. The molecule has 0 aromatic heterocycles. The number of aryl methyl sites for hydroxylation is 1. The van der Waals surface area contributed by atoms with Crippen LogP contribution in [0, 0.1) is 0 Å². The van der Waals surface area contributed by atoms with Gasteiger partial charge < -0.3 is 10.1 Å². The number of urea groups is 1. The maximum absolute atomic E-state index is 11.6. The molecule has 0 saturated carbocycles. The quantitative estimate of drug-likeness (QED) is 0.727. The zero-order valence-corrected chi connectivity index (χ0v) is 13.9. The first-order valence-corrected chi connectivity index (χ1v) is 7.77. The molecule has 0 aliphatic rings. The minimum atomic E-state index is -0.571. The smallest absolute Gasteiger partial charge is 0.337 e. The number of rotatable bonds is 5. The highest BCUT2D eigenvalue weighted by molar-refractivity contribution is 6.30. The van der Waals surface area contributed by atoms with Crippen LogP contribution < -0.4 is 20.9 Å². The summed E-state index contributed by atoms with van der Waals surface area (Å²) in [6.07, 6.45) is 0.938. The fourth-order valence-electron chi connectivity index (χ4n) is 1.83. The second kappa shape index (κ2) is 8.79. The highest BCUT2D eigenvalue weighted by atomic mass is 35.5. The fraction of sp³-hybridized carbons (Fsp3) is 0.176. The normalized spacial score (nSPS) is 9.92. The van der Waals surface area contributed by atoms with Crippen LogP contribution in [0.1, 0.15) is 12.5 Å². The van der Waals surface area contributed by atoms with Crippen molar-refractivity contribution >= 4 is 29.2 Å². The molecule has 2 aromatic rings. The Morgan fingerprint density at radius 3 is 2.29 bits per heavy atom. The van der Waals surface area contributed by atoms with Gasteiger partial charge in [0.1, 0.15) is 5.75 Å². The molecule has 7 heteroatoms. The first kappa shape index (κ1) is 17.6. The van der Waals surface area contributed by atoms with Crippen LogP contribution in [0.15, 0.2) is 48.5 Å². The molecule has 6 nitrogen and oxygen atoms in total. The Morgan fingerprint density at radius 1 is 1.00 bits per heavy atom. The van der Waals surface area contributed by atoms with Crippen LogP contribution in [-0.4, -0.2) is 18.5 Å². The third-order valence-electron chi connectivity index (χ3n) is 3.12. The van der Waals surface area contributed by atoms with Gasteiger partial charge in [0.25, 0.3) is 5.91 Å². The second-order valence-corrected chi connectivity index (χ2v) is 5.36. The Hall–Kier alpha value is -2.73. The summed E-state index contributed by atoms with van der Waals surface area (Å²) in [5, 5.41) is 3.11. The summed E-state index contributed by atoms with van der Waals surface area (Å²) >= 11 is 5.75. The molecular formula is C17H18ClN3O3. The largest absolute Gasteiger partial charge is 0.484 e. The van der Waals surface area contributed by atoms with E-state index in [-0.39, 0.29) is 6.61 Å². The molecule has 24 heavy (non-hydrogen) atoms. The van der Waals surface area contributed by atoms with Crippen molar-refractivity contribution in [3.05, 3.63) is 59.1 Å². The molecule has 2 rings (SSSR count). The van der Waals surface area contributed by atoms with Gasteiger partial charge in [-0.1, -0.05) is 30.7 Å².